The number of esters is 1. The zero-order valence-electron chi connectivity index (χ0n) is 48.7. The van der Waals surface area contributed by atoms with Crippen molar-refractivity contribution in [2.75, 3.05) is 46.5 Å². The summed E-state index contributed by atoms with van der Waals surface area (Å²) >= 11 is 11.9. The maximum absolute atomic E-state index is 14.8. The number of para-hydroxylation sites is 2. The van der Waals surface area contributed by atoms with Gasteiger partial charge in [0.25, 0.3) is 11.6 Å². The molecular formula is C67H68Cl2F2N6O10. The van der Waals surface area contributed by atoms with Gasteiger partial charge in [0, 0.05) is 37.1 Å². The molecule has 0 spiro atoms. The summed E-state index contributed by atoms with van der Waals surface area (Å²) in [6.45, 7) is 11.6. The van der Waals surface area contributed by atoms with Crippen molar-refractivity contribution in [3.63, 3.8) is 0 Å². The normalized spacial score (nSPS) is 22.0. The highest BCUT2D eigenvalue weighted by Gasteiger charge is 2.44. The number of piperidine rings is 2. The molecule has 87 heavy (non-hydrogen) atoms. The van der Waals surface area contributed by atoms with Gasteiger partial charge in [-0.3, -0.25) is 9.80 Å². The van der Waals surface area contributed by atoms with Gasteiger partial charge in [-0.25, -0.2) is 28.3 Å². The summed E-state index contributed by atoms with van der Waals surface area (Å²) in [6, 6.07) is 31.5. The fraction of sp³-hybridized carbons (Fsp3) is 0.403. The van der Waals surface area contributed by atoms with Crippen molar-refractivity contribution in [2.45, 2.75) is 115 Å². The molecule has 6 aliphatic rings. The molecule has 6 aliphatic heterocycles. The number of carboxylic acids is 1. The highest BCUT2D eigenvalue weighted by Crippen LogP contribution is 2.49. The fourth-order valence-electron chi connectivity index (χ4n) is 13.0. The van der Waals surface area contributed by atoms with Crippen LogP contribution in [0.1, 0.15) is 107 Å². The standard InChI is InChI=1S/C34H35ClFN3O5.C33H33ClFN3O5/c1-34(26-8-7-24(35)18-27(26)36)43-30-5-3-4-22(32(30)44-34)16-21-10-13-38(14-11-21)20-31-37-28-9-6-23(33(40)41-2)17-29(28)39(31)19-25-12-15-42-25;1-33(25-7-6-23(34)17-26(25)35)42-29-4-2-3-21(31(29)43-33)15-20-9-12-37(13-10-20)19-30-36-27-8-5-22(32(39)40)16-28(27)38(30)18-24-11-14-41-24/h3-9,17-18,21,25H,10-16,19-20H2,1-2H3;2-8,16-17,20,24H,9-15,18-19H2,1H3,(H,39,40)/t25-,34?;24-,33?/m00/s1. The van der Waals surface area contributed by atoms with Crippen molar-refractivity contribution in [1.29, 1.82) is 0 Å². The van der Waals surface area contributed by atoms with Crippen LogP contribution in [0.25, 0.3) is 22.1 Å². The first-order valence-corrected chi connectivity index (χ1v) is 30.7. The average Bonchev–Trinajstić information content (AvgIpc) is 1.72. The Labute approximate surface area is 512 Å². The van der Waals surface area contributed by atoms with Gasteiger partial charge >= 0.3 is 11.9 Å². The van der Waals surface area contributed by atoms with Crippen molar-refractivity contribution in [3.8, 4) is 23.0 Å². The van der Waals surface area contributed by atoms with E-state index in [4.69, 9.17) is 66.3 Å². The summed E-state index contributed by atoms with van der Waals surface area (Å²) in [6.07, 6.45) is 8.11. The van der Waals surface area contributed by atoms with Crippen LogP contribution in [0, 0.1) is 23.5 Å². The molecule has 0 bridgehead atoms. The monoisotopic (exact) mass is 1220 g/mol. The minimum Gasteiger partial charge on any atom is -0.478 e. The number of hydrogen-bond acceptors (Lipinski definition) is 13. The lowest BCUT2D eigenvalue weighted by atomic mass is 9.89. The third-order valence-corrected chi connectivity index (χ3v) is 18.5. The number of imidazole rings is 2. The van der Waals surface area contributed by atoms with Crippen LogP contribution in [-0.4, -0.2) is 105 Å². The van der Waals surface area contributed by atoms with E-state index in [1.165, 1.54) is 19.2 Å². The summed E-state index contributed by atoms with van der Waals surface area (Å²) in [5.74, 6) is 0.716. The summed E-state index contributed by atoms with van der Waals surface area (Å²) in [4.78, 5) is 38.6. The number of carbonyl (C=O) groups is 2. The van der Waals surface area contributed by atoms with Crippen LogP contribution in [-0.2, 0) is 64.8 Å². The first-order valence-electron chi connectivity index (χ1n) is 29.9. The van der Waals surface area contributed by atoms with Crippen molar-refractivity contribution in [1.82, 2.24) is 28.9 Å². The third-order valence-electron chi connectivity index (χ3n) is 18.0. The van der Waals surface area contributed by atoms with E-state index in [2.05, 4.69) is 31.1 Å². The van der Waals surface area contributed by atoms with Gasteiger partial charge in [0.1, 0.15) is 23.3 Å². The molecule has 8 aromatic rings. The molecule has 2 unspecified atom stereocenters. The van der Waals surface area contributed by atoms with Gasteiger partial charge in [-0.1, -0.05) is 47.5 Å². The Bertz CT molecular complexity index is 3910. The Balaban J connectivity index is 0.000000161. The molecule has 4 saturated heterocycles. The summed E-state index contributed by atoms with van der Waals surface area (Å²) in [7, 11) is 1.40. The molecule has 2 aromatic heterocycles. The Kier molecular flexibility index (Phi) is 16.4. The largest absolute Gasteiger partial charge is 0.478 e. The Morgan fingerprint density at radius 2 is 1.03 bits per heavy atom. The second-order valence-corrected chi connectivity index (χ2v) is 24.8. The number of methoxy groups -OCH3 is 1. The van der Waals surface area contributed by atoms with Gasteiger partial charge < -0.3 is 47.4 Å². The first-order chi connectivity index (χ1) is 42.0. The highest BCUT2D eigenvalue weighted by atomic mass is 35.5. The van der Waals surface area contributed by atoms with Crippen LogP contribution in [0.5, 0.6) is 23.0 Å². The number of likely N-dealkylation sites (tertiary alicyclic amines) is 2. The lowest BCUT2D eigenvalue weighted by Gasteiger charge is -2.32. The molecule has 8 heterocycles. The molecule has 0 radical (unpaired) electrons. The second kappa shape index (κ2) is 24.3. The molecular weight excluding hydrogens is 1160 g/mol. The number of benzene rings is 6. The van der Waals surface area contributed by atoms with Gasteiger partial charge in [0.2, 0.25) is 0 Å². The number of halogens is 4. The number of fused-ring (bicyclic) bond motifs is 4. The van der Waals surface area contributed by atoms with Crippen LogP contribution >= 0.6 is 23.2 Å². The molecule has 454 valence electrons. The molecule has 1 N–H and O–H groups in total. The molecule has 4 fully saturated rings. The number of ether oxygens (including phenoxy) is 7. The number of rotatable bonds is 16. The van der Waals surface area contributed by atoms with Crippen molar-refractivity contribution in [2.24, 2.45) is 11.8 Å². The quantitative estimate of drug-likeness (QED) is 0.0910. The van der Waals surface area contributed by atoms with Gasteiger partial charge in [0.15, 0.2) is 23.0 Å². The third kappa shape index (κ3) is 12.2. The second-order valence-electron chi connectivity index (χ2n) is 23.9. The SMILES string of the molecule is CC1(c2ccc(Cl)cc2F)Oc2cccc(CC3CCN(Cc4nc5ccc(C(=O)O)cc5n4C[C@@H]4CCO4)CC3)c2O1.COC(=O)c1ccc2nc(CN3CCC(Cc4cccc5c4OC(C)(c4ccc(Cl)cc4F)O5)CC3)n(C[C@@H]3CCO3)c2c1. The Hall–Kier alpha value is -7.32. The minimum absolute atomic E-state index is 0.132. The van der Waals surface area contributed by atoms with Gasteiger partial charge in [-0.15, -0.1) is 0 Å². The average molecular weight is 1230 g/mol. The Morgan fingerprint density at radius 1 is 0.598 bits per heavy atom. The number of nitrogens with zero attached hydrogens (tertiary/aromatic N) is 6. The van der Waals surface area contributed by atoms with E-state index in [-0.39, 0.29) is 23.7 Å². The summed E-state index contributed by atoms with van der Waals surface area (Å²) < 4.78 is 75.3. The van der Waals surface area contributed by atoms with E-state index in [1.54, 1.807) is 62.4 Å². The van der Waals surface area contributed by atoms with Gasteiger partial charge in [-0.05, 0) is 185 Å². The molecule has 6 aromatic carbocycles. The molecule has 0 aliphatic carbocycles. The lowest BCUT2D eigenvalue weighted by molar-refractivity contribution is -0.0715. The number of carboxylic acid groups (broad SMARTS) is 1. The lowest BCUT2D eigenvalue weighted by Crippen LogP contribution is -2.36. The zero-order chi connectivity index (χ0) is 60.1. The van der Waals surface area contributed by atoms with Crippen LogP contribution in [0.3, 0.4) is 0 Å². The van der Waals surface area contributed by atoms with E-state index in [9.17, 15) is 23.5 Å². The van der Waals surface area contributed by atoms with Crippen molar-refractivity contribution < 1.29 is 56.6 Å². The molecule has 0 amide bonds. The van der Waals surface area contributed by atoms with E-state index in [0.717, 1.165) is 142 Å². The summed E-state index contributed by atoms with van der Waals surface area (Å²) in [5, 5.41) is 10.2. The van der Waals surface area contributed by atoms with Gasteiger partial charge in [0.05, 0.1) is 89.8 Å². The zero-order valence-corrected chi connectivity index (χ0v) is 50.3. The number of hydrogen-bond donors (Lipinski definition) is 1. The molecule has 20 heteroatoms. The molecule has 14 rings (SSSR count). The predicted octanol–water partition coefficient (Wildman–Crippen LogP) is 12.9. The van der Waals surface area contributed by atoms with E-state index in [1.807, 2.05) is 36.4 Å². The van der Waals surface area contributed by atoms with Crippen LogP contribution < -0.4 is 18.9 Å². The highest BCUT2D eigenvalue weighted by molar-refractivity contribution is 6.30. The summed E-state index contributed by atoms with van der Waals surface area (Å²) in [5.41, 5.74) is 6.97. The number of aromatic carboxylic acids is 1. The Morgan fingerprint density at radius 3 is 1.44 bits per heavy atom. The molecule has 0 saturated carbocycles. The van der Waals surface area contributed by atoms with Crippen LogP contribution in [0.2, 0.25) is 10.0 Å². The van der Waals surface area contributed by atoms with Crippen molar-refractivity contribution in [3.05, 3.63) is 176 Å². The van der Waals surface area contributed by atoms with E-state index >= 15 is 0 Å². The number of carbonyl (C=O) groups excluding carboxylic acids is 1. The van der Waals surface area contributed by atoms with E-state index in [0.29, 0.717) is 81.2 Å². The topological polar surface area (TPSA) is 161 Å². The number of aromatic nitrogens is 4. The van der Waals surface area contributed by atoms with Crippen molar-refractivity contribution >= 4 is 57.2 Å². The first kappa shape index (κ1) is 58.7. The maximum Gasteiger partial charge on any atom is 0.337 e. The molecule has 4 atom stereocenters. The maximum atomic E-state index is 14.8. The molecule has 16 nitrogen and oxygen atoms in total. The van der Waals surface area contributed by atoms with Crippen LogP contribution in [0.4, 0.5) is 8.78 Å². The van der Waals surface area contributed by atoms with Crippen LogP contribution in [0.15, 0.2) is 109 Å². The smallest absolute Gasteiger partial charge is 0.337 e. The van der Waals surface area contributed by atoms with Gasteiger partial charge in [-0.2, -0.15) is 0 Å². The van der Waals surface area contributed by atoms with E-state index < -0.39 is 29.2 Å². The minimum atomic E-state index is -1.27. The fourth-order valence-corrected chi connectivity index (χ4v) is 13.3. The predicted molar refractivity (Wildman–Crippen MR) is 323 cm³/mol.